The highest BCUT2D eigenvalue weighted by atomic mass is 19.1. The molecule has 0 aromatic heterocycles. The van der Waals surface area contributed by atoms with Crippen molar-refractivity contribution in [2.75, 3.05) is 4.90 Å². The topological polar surface area (TPSA) is 54.5 Å². The highest BCUT2D eigenvalue weighted by molar-refractivity contribution is 6.32. The largest absolute Gasteiger partial charge is 0.352 e. The molecule has 0 amide bonds. The Morgan fingerprint density at radius 2 is 1.41 bits per heavy atom. The third-order valence-electron chi connectivity index (χ3n) is 8.56. The van der Waals surface area contributed by atoms with Crippen molar-refractivity contribution in [3.05, 3.63) is 142 Å². The Morgan fingerprint density at radius 1 is 0.795 bits per heavy atom. The van der Waals surface area contributed by atoms with Gasteiger partial charge in [-0.2, -0.15) is 0 Å². The van der Waals surface area contributed by atoms with Gasteiger partial charge in [-0.1, -0.05) is 103 Å². The number of anilines is 1. The molecule has 0 bridgehead atoms. The van der Waals surface area contributed by atoms with Gasteiger partial charge in [0.05, 0.1) is 6.04 Å². The summed E-state index contributed by atoms with van der Waals surface area (Å²) in [7, 11) is 0. The summed E-state index contributed by atoms with van der Waals surface area (Å²) in [5.74, 6) is -2.59. The van der Waals surface area contributed by atoms with Gasteiger partial charge in [0, 0.05) is 28.3 Å². The summed E-state index contributed by atoms with van der Waals surface area (Å²) in [4.78, 5) is 45.5. The van der Waals surface area contributed by atoms with Crippen LogP contribution in [0.4, 0.5) is 10.1 Å². The number of fused-ring (bicyclic) bond motifs is 5. The Labute approximate surface area is 225 Å². The van der Waals surface area contributed by atoms with Crippen LogP contribution in [0.15, 0.2) is 103 Å². The molecule has 4 aromatic rings. The molecule has 2 aliphatic heterocycles. The third kappa shape index (κ3) is 3.07. The van der Waals surface area contributed by atoms with Crippen molar-refractivity contribution >= 4 is 29.1 Å². The fourth-order valence-corrected chi connectivity index (χ4v) is 6.88. The van der Waals surface area contributed by atoms with Crippen molar-refractivity contribution < 1.29 is 18.8 Å². The van der Waals surface area contributed by atoms with E-state index in [4.69, 9.17) is 0 Å². The van der Waals surface area contributed by atoms with Gasteiger partial charge < -0.3 is 4.90 Å². The van der Waals surface area contributed by atoms with Gasteiger partial charge in [-0.25, -0.2) is 4.39 Å². The van der Waals surface area contributed by atoms with E-state index in [2.05, 4.69) is 0 Å². The zero-order chi connectivity index (χ0) is 26.9. The summed E-state index contributed by atoms with van der Waals surface area (Å²) in [6.45, 7) is 1.94. The number of Topliss-reactive ketones (excluding diaryl/α,β-unsaturated/α-hetero) is 3. The number of hydrogen-bond donors (Lipinski definition) is 0. The quantitative estimate of drug-likeness (QED) is 0.233. The van der Waals surface area contributed by atoms with Crippen molar-refractivity contribution in [3.63, 3.8) is 0 Å². The minimum absolute atomic E-state index is 0.192. The van der Waals surface area contributed by atoms with Crippen molar-refractivity contribution in [3.8, 4) is 0 Å². The molecule has 0 unspecified atom stereocenters. The third-order valence-corrected chi connectivity index (χ3v) is 8.56. The average molecular weight is 514 g/mol. The van der Waals surface area contributed by atoms with Gasteiger partial charge in [0.25, 0.3) is 0 Å². The molecule has 1 aliphatic carbocycles. The van der Waals surface area contributed by atoms with E-state index in [0.29, 0.717) is 16.7 Å². The number of para-hydroxylation sites is 1. The predicted molar refractivity (Wildman–Crippen MR) is 148 cm³/mol. The predicted octanol–water partition coefficient (Wildman–Crippen LogP) is 6.45. The molecule has 2 heterocycles. The van der Waals surface area contributed by atoms with Gasteiger partial charge in [-0.15, -0.1) is 0 Å². The standard InChI is InChI=1S/C34H24FNO3/c1-20-14-16-22(17-15-20)31(37)30-29(25-11-5-6-12-26(25)35)34(32(38)23-9-3-4-10-24(23)33(34)39)28-19-18-21-8-2-7-13-27(21)36(28)30/h2-19,28-30H,1H3/t28-,29-,30+/m0/s1. The number of carbonyl (C=O) groups excluding carboxylic acids is 3. The number of aryl methyl sites for hydroxylation is 1. The average Bonchev–Trinajstić information content (AvgIpc) is 3.39. The van der Waals surface area contributed by atoms with Crippen LogP contribution < -0.4 is 4.90 Å². The molecule has 39 heavy (non-hydrogen) atoms. The van der Waals surface area contributed by atoms with Crippen molar-refractivity contribution in [2.45, 2.75) is 24.9 Å². The Balaban J connectivity index is 1.56. The van der Waals surface area contributed by atoms with Crippen LogP contribution in [-0.2, 0) is 0 Å². The summed E-state index contributed by atoms with van der Waals surface area (Å²) < 4.78 is 15.8. The molecule has 1 saturated heterocycles. The fourth-order valence-electron chi connectivity index (χ4n) is 6.88. The first kappa shape index (κ1) is 23.5. The summed E-state index contributed by atoms with van der Waals surface area (Å²) in [5.41, 5.74) is 2.18. The highest BCUT2D eigenvalue weighted by Gasteiger charge is 2.71. The normalized spacial score (nSPS) is 22.1. The van der Waals surface area contributed by atoms with Crippen LogP contribution >= 0.6 is 0 Å². The van der Waals surface area contributed by atoms with Crippen LogP contribution in [-0.4, -0.2) is 29.4 Å². The summed E-state index contributed by atoms with van der Waals surface area (Å²) in [6.07, 6.45) is 3.75. The van der Waals surface area contributed by atoms with Crippen LogP contribution in [0.25, 0.3) is 6.08 Å². The second-order valence-corrected chi connectivity index (χ2v) is 10.5. The van der Waals surface area contributed by atoms with E-state index in [1.165, 1.54) is 6.07 Å². The van der Waals surface area contributed by atoms with E-state index < -0.39 is 29.2 Å². The first-order valence-corrected chi connectivity index (χ1v) is 13.0. The first-order chi connectivity index (χ1) is 18.9. The summed E-state index contributed by atoms with van der Waals surface area (Å²) in [6, 6.07) is 26.1. The minimum atomic E-state index is -1.71. The van der Waals surface area contributed by atoms with Crippen molar-refractivity contribution in [1.29, 1.82) is 0 Å². The van der Waals surface area contributed by atoms with E-state index in [-0.39, 0.29) is 22.9 Å². The second kappa shape index (κ2) is 8.43. The molecular formula is C34H24FNO3. The molecule has 0 radical (unpaired) electrons. The molecule has 4 nitrogen and oxygen atoms in total. The van der Waals surface area contributed by atoms with Crippen LogP contribution in [0.1, 0.15) is 53.7 Å². The Bertz CT molecular complexity index is 1690. The Morgan fingerprint density at radius 3 is 2.10 bits per heavy atom. The lowest BCUT2D eigenvalue weighted by atomic mass is 9.64. The number of hydrogen-bond acceptors (Lipinski definition) is 4. The lowest BCUT2D eigenvalue weighted by molar-refractivity contribution is 0.0664. The Hall–Kier alpha value is -4.64. The molecule has 3 atom stereocenters. The lowest BCUT2D eigenvalue weighted by Gasteiger charge is -2.37. The van der Waals surface area contributed by atoms with E-state index >= 15 is 4.39 Å². The van der Waals surface area contributed by atoms with E-state index in [1.54, 1.807) is 54.6 Å². The highest BCUT2D eigenvalue weighted by Crippen LogP contribution is 2.61. The molecular weight excluding hydrogens is 489 g/mol. The van der Waals surface area contributed by atoms with Gasteiger partial charge in [-0.3, -0.25) is 14.4 Å². The molecule has 4 aromatic carbocycles. The van der Waals surface area contributed by atoms with E-state index in [0.717, 1.165) is 16.8 Å². The monoisotopic (exact) mass is 513 g/mol. The number of halogens is 1. The van der Waals surface area contributed by atoms with Crippen LogP contribution in [0, 0.1) is 18.2 Å². The van der Waals surface area contributed by atoms with Gasteiger partial charge in [-0.05, 0) is 30.2 Å². The van der Waals surface area contributed by atoms with E-state index in [1.807, 2.05) is 60.4 Å². The van der Waals surface area contributed by atoms with Crippen LogP contribution in [0.2, 0.25) is 0 Å². The maximum absolute atomic E-state index is 15.8. The summed E-state index contributed by atoms with van der Waals surface area (Å²) in [5, 5.41) is 0. The molecule has 0 saturated carbocycles. The van der Waals surface area contributed by atoms with Crippen molar-refractivity contribution in [1.82, 2.24) is 0 Å². The maximum Gasteiger partial charge on any atom is 0.185 e. The molecule has 190 valence electrons. The van der Waals surface area contributed by atoms with Gasteiger partial charge in [0.15, 0.2) is 17.3 Å². The molecule has 5 heteroatoms. The lowest BCUT2D eigenvalue weighted by Crippen LogP contribution is -2.48. The maximum atomic E-state index is 15.8. The number of carbonyl (C=O) groups is 3. The zero-order valence-electron chi connectivity index (χ0n) is 21.2. The molecule has 1 fully saturated rings. The van der Waals surface area contributed by atoms with Gasteiger partial charge in [0.1, 0.15) is 17.3 Å². The summed E-state index contributed by atoms with van der Waals surface area (Å²) >= 11 is 0. The smallest absolute Gasteiger partial charge is 0.185 e. The number of ketones is 3. The Kier molecular flexibility index (Phi) is 5.08. The molecule has 7 rings (SSSR count). The fraction of sp³-hybridized carbons (Fsp3) is 0.147. The molecule has 0 N–H and O–H groups in total. The van der Waals surface area contributed by atoms with E-state index in [9.17, 15) is 14.4 Å². The number of benzene rings is 4. The number of rotatable bonds is 3. The van der Waals surface area contributed by atoms with Crippen LogP contribution in [0.3, 0.4) is 0 Å². The van der Waals surface area contributed by atoms with Gasteiger partial charge in [0.2, 0.25) is 0 Å². The van der Waals surface area contributed by atoms with Crippen LogP contribution in [0.5, 0.6) is 0 Å². The zero-order valence-corrected chi connectivity index (χ0v) is 21.2. The minimum Gasteiger partial charge on any atom is -0.352 e. The molecule has 3 aliphatic rings. The number of nitrogens with zero attached hydrogens (tertiary/aromatic N) is 1. The SMILES string of the molecule is Cc1ccc(C(=O)[C@H]2[C@H](c3ccccc3F)C3(C(=O)c4ccccc4C3=O)[C@@H]3C=Cc4ccccc4N32)cc1. The molecule has 1 spiro atoms. The second-order valence-electron chi connectivity index (χ2n) is 10.5. The first-order valence-electron chi connectivity index (χ1n) is 13.0. The van der Waals surface area contributed by atoms with Gasteiger partial charge >= 0.3 is 0 Å². The van der Waals surface area contributed by atoms with Crippen molar-refractivity contribution in [2.24, 2.45) is 5.41 Å².